The summed E-state index contributed by atoms with van der Waals surface area (Å²) in [5.41, 5.74) is 4.52. The third-order valence-corrected chi connectivity index (χ3v) is 4.40. The van der Waals surface area contributed by atoms with Crippen LogP contribution in [0.1, 0.15) is 18.9 Å². The number of para-hydroxylation sites is 2. The standard InChI is InChI=1S/C15H17N5O4S/c1-9(21)16-17-13(22)8-25-15-19-18-14(20(15)2)12-7-23-10-5-3-4-6-11(10)24-12/h3-6,12H,7-8H2,1-2H3,(H,16,21)(H,17,22)/t12-/m1/s1. The van der Waals surface area contributed by atoms with Crippen LogP contribution in [0.5, 0.6) is 11.5 Å². The Hall–Kier alpha value is -2.75. The summed E-state index contributed by atoms with van der Waals surface area (Å²) >= 11 is 1.21. The lowest BCUT2D eigenvalue weighted by Crippen LogP contribution is -2.41. The first-order valence-corrected chi connectivity index (χ1v) is 8.49. The Balaban J connectivity index is 1.62. The van der Waals surface area contributed by atoms with E-state index in [1.807, 2.05) is 24.3 Å². The average molecular weight is 363 g/mol. The Kier molecular flexibility index (Phi) is 5.08. The normalized spacial score (nSPS) is 15.5. The summed E-state index contributed by atoms with van der Waals surface area (Å²) in [6, 6.07) is 7.43. The van der Waals surface area contributed by atoms with E-state index >= 15 is 0 Å². The lowest BCUT2D eigenvalue weighted by atomic mass is 10.2. The van der Waals surface area contributed by atoms with Crippen molar-refractivity contribution in [3.63, 3.8) is 0 Å². The first-order chi connectivity index (χ1) is 12.0. The van der Waals surface area contributed by atoms with Gasteiger partial charge in [0.25, 0.3) is 0 Å². The van der Waals surface area contributed by atoms with Crippen LogP contribution in [-0.4, -0.2) is 38.9 Å². The van der Waals surface area contributed by atoms with E-state index in [9.17, 15) is 9.59 Å². The minimum atomic E-state index is -0.380. The van der Waals surface area contributed by atoms with Gasteiger partial charge in [-0.3, -0.25) is 20.4 Å². The fourth-order valence-corrected chi connectivity index (χ4v) is 2.92. The fourth-order valence-electron chi connectivity index (χ4n) is 2.20. The van der Waals surface area contributed by atoms with E-state index in [-0.39, 0.29) is 23.7 Å². The highest BCUT2D eigenvalue weighted by atomic mass is 32.2. The van der Waals surface area contributed by atoms with E-state index in [2.05, 4.69) is 21.0 Å². The zero-order valence-electron chi connectivity index (χ0n) is 13.7. The zero-order valence-corrected chi connectivity index (χ0v) is 14.5. The van der Waals surface area contributed by atoms with Crippen LogP contribution in [0.25, 0.3) is 0 Å². The number of ether oxygens (including phenoxy) is 2. The Labute approximate surface area is 148 Å². The van der Waals surface area contributed by atoms with Gasteiger partial charge in [-0.15, -0.1) is 10.2 Å². The van der Waals surface area contributed by atoms with Gasteiger partial charge in [-0.05, 0) is 12.1 Å². The first-order valence-electron chi connectivity index (χ1n) is 7.50. The Morgan fingerprint density at radius 2 is 2.04 bits per heavy atom. The van der Waals surface area contributed by atoms with E-state index in [0.29, 0.717) is 29.1 Å². The molecular weight excluding hydrogens is 346 g/mol. The van der Waals surface area contributed by atoms with Crippen molar-refractivity contribution in [3.05, 3.63) is 30.1 Å². The molecule has 10 heteroatoms. The van der Waals surface area contributed by atoms with Crippen molar-refractivity contribution in [2.45, 2.75) is 18.2 Å². The molecule has 0 spiro atoms. The number of fused-ring (bicyclic) bond motifs is 1. The highest BCUT2D eigenvalue weighted by Crippen LogP contribution is 2.35. The molecule has 1 aliphatic rings. The molecule has 9 nitrogen and oxygen atoms in total. The van der Waals surface area contributed by atoms with Crippen molar-refractivity contribution in [1.29, 1.82) is 0 Å². The van der Waals surface area contributed by atoms with Crippen molar-refractivity contribution in [1.82, 2.24) is 25.6 Å². The number of thioether (sulfide) groups is 1. The molecule has 0 saturated carbocycles. The Morgan fingerprint density at radius 3 is 2.80 bits per heavy atom. The Bertz CT molecular complexity index is 794. The Morgan fingerprint density at radius 1 is 1.28 bits per heavy atom. The van der Waals surface area contributed by atoms with Gasteiger partial charge in [-0.25, -0.2) is 0 Å². The number of hydrogen-bond donors (Lipinski definition) is 2. The molecule has 0 aliphatic carbocycles. The number of carbonyl (C=O) groups is 2. The number of aromatic nitrogens is 3. The summed E-state index contributed by atoms with van der Waals surface area (Å²) in [7, 11) is 1.80. The molecule has 2 aromatic rings. The van der Waals surface area contributed by atoms with E-state index < -0.39 is 0 Å². The maximum Gasteiger partial charge on any atom is 0.248 e. The van der Waals surface area contributed by atoms with Gasteiger partial charge in [0.2, 0.25) is 11.8 Å². The molecule has 1 aromatic carbocycles. The number of benzene rings is 1. The molecule has 1 aromatic heterocycles. The second kappa shape index (κ2) is 7.43. The van der Waals surface area contributed by atoms with Gasteiger partial charge in [-0.2, -0.15) is 0 Å². The molecule has 0 radical (unpaired) electrons. The van der Waals surface area contributed by atoms with Gasteiger partial charge in [0.15, 0.2) is 28.6 Å². The highest BCUT2D eigenvalue weighted by molar-refractivity contribution is 7.99. The summed E-state index contributed by atoms with van der Waals surface area (Å²) in [5.74, 6) is 1.39. The maximum absolute atomic E-state index is 11.6. The third kappa shape index (κ3) is 4.02. The van der Waals surface area contributed by atoms with Crippen LogP contribution in [0.3, 0.4) is 0 Å². The number of hydrogen-bond acceptors (Lipinski definition) is 7. The molecular formula is C15H17N5O4S. The molecule has 2 amide bonds. The largest absolute Gasteiger partial charge is 0.485 e. The van der Waals surface area contributed by atoms with Crippen molar-refractivity contribution >= 4 is 23.6 Å². The van der Waals surface area contributed by atoms with Gasteiger partial charge in [0.1, 0.15) is 6.61 Å². The number of nitrogens with one attached hydrogen (secondary N) is 2. The van der Waals surface area contributed by atoms with E-state index in [1.54, 1.807) is 11.6 Å². The molecule has 2 heterocycles. The smallest absolute Gasteiger partial charge is 0.248 e. The quantitative estimate of drug-likeness (QED) is 0.604. The summed E-state index contributed by atoms with van der Waals surface area (Å²) in [6.07, 6.45) is -0.380. The van der Waals surface area contributed by atoms with E-state index in [1.165, 1.54) is 18.7 Å². The fraction of sp³-hybridized carbons (Fsp3) is 0.333. The van der Waals surface area contributed by atoms with Gasteiger partial charge in [-0.1, -0.05) is 23.9 Å². The third-order valence-electron chi connectivity index (χ3n) is 3.38. The van der Waals surface area contributed by atoms with E-state index in [4.69, 9.17) is 9.47 Å². The van der Waals surface area contributed by atoms with Crippen LogP contribution >= 0.6 is 11.8 Å². The highest BCUT2D eigenvalue weighted by Gasteiger charge is 2.27. The van der Waals surface area contributed by atoms with Crippen molar-refractivity contribution in [3.8, 4) is 11.5 Å². The average Bonchev–Trinajstić information content (AvgIpc) is 2.98. The number of amides is 2. The molecule has 3 rings (SSSR count). The molecule has 0 saturated heterocycles. The molecule has 0 unspecified atom stereocenters. The van der Waals surface area contributed by atoms with Gasteiger partial charge in [0, 0.05) is 14.0 Å². The molecule has 132 valence electrons. The molecule has 1 aliphatic heterocycles. The lowest BCUT2D eigenvalue weighted by Gasteiger charge is -2.25. The van der Waals surface area contributed by atoms with Crippen LogP contribution in [0.15, 0.2) is 29.4 Å². The van der Waals surface area contributed by atoms with Gasteiger partial charge >= 0.3 is 0 Å². The van der Waals surface area contributed by atoms with Crippen molar-refractivity contribution in [2.75, 3.05) is 12.4 Å². The lowest BCUT2D eigenvalue weighted by molar-refractivity contribution is -0.126. The van der Waals surface area contributed by atoms with Crippen LogP contribution in [0.2, 0.25) is 0 Å². The monoisotopic (exact) mass is 363 g/mol. The number of rotatable bonds is 4. The summed E-state index contributed by atoms with van der Waals surface area (Å²) < 4.78 is 13.4. The molecule has 2 N–H and O–H groups in total. The van der Waals surface area contributed by atoms with Crippen LogP contribution in [-0.2, 0) is 16.6 Å². The second-order valence-electron chi connectivity index (χ2n) is 5.28. The van der Waals surface area contributed by atoms with Crippen molar-refractivity contribution in [2.24, 2.45) is 7.05 Å². The SMILES string of the molecule is CC(=O)NNC(=O)CSc1nnc([C@H]2COc3ccccc3O2)n1C. The van der Waals surface area contributed by atoms with E-state index in [0.717, 1.165) is 0 Å². The van der Waals surface area contributed by atoms with Crippen LogP contribution in [0, 0.1) is 0 Å². The molecule has 1 atom stereocenters. The predicted octanol–water partition coefficient (Wildman–Crippen LogP) is 0.587. The first kappa shape index (κ1) is 17.1. The second-order valence-corrected chi connectivity index (χ2v) is 6.22. The number of carbonyl (C=O) groups excluding carboxylic acids is 2. The predicted molar refractivity (Wildman–Crippen MR) is 89.0 cm³/mol. The summed E-state index contributed by atoms with van der Waals surface area (Å²) in [6.45, 7) is 1.64. The summed E-state index contributed by atoms with van der Waals surface area (Å²) in [4.78, 5) is 22.4. The van der Waals surface area contributed by atoms with Crippen LogP contribution < -0.4 is 20.3 Å². The topological polar surface area (TPSA) is 107 Å². The molecule has 0 bridgehead atoms. The van der Waals surface area contributed by atoms with Gasteiger partial charge in [0.05, 0.1) is 5.75 Å². The zero-order chi connectivity index (χ0) is 17.8. The molecule has 0 fully saturated rings. The number of nitrogens with zero attached hydrogens (tertiary/aromatic N) is 3. The number of hydrazine groups is 1. The minimum Gasteiger partial charge on any atom is -0.485 e. The minimum absolute atomic E-state index is 0.0944. The van der Waals surface area contributed by atoms with Gasteiger partial charge < -0.3 is 14.0 Å². The van der Waals surface area contributed by atoms with Crippen molar-refractivity contribution < 1.29 is 19.1 Å². The molecule has 25 heavy (non-hydrogen) atoms. The summed E-state index contributed by atoms with van der Waals surface area (Å²) in [5, 5.41) is 8.80. The van der Waals surface area contributed by atoms with Crippen LogP contribution in [0.4, 0.5) is 0 Å². The maximum atomic E-state index is 11.6.